The molecule has 0 atom stereocenters. The predicted octanol–water partition coefficient (Wildman–Crippen LogP) is 3.60. The van der Waals surface area contributed by atoms with Gasteiger partial charge in [0, 0.05) is 23.1 Å². The maximum atomic E-state index is 13.2. The molecule has 1 heterocycles. The van der Waals surface area contributed by atoms with Gasteiger partial charge in [-0.05, 0) is 37.7 Å². The summed E-state index contributed by atoms with van der Waals surface area (Å²) < 4.78 is 39.7. The second kappa shape index (κ2) is 4.42. The van der Waals surface area contributed by atoms with Crippen LogP contribution in [0.25, 0.3) is 0 Å². The fourth-order valence-corrected chi connectivity index (χ4v) is 2.84. The molecule has 7 heteroatoms. The molecule has 0 unspecified atom stereocenters. The standard InChI is InChI=1S/C13H11F3N2OS/c1-12(2)10-8(11(19)18(12)3)4-7(20-6-17)5-9(10)13(14,15)16/h4-5H,1-3H3. The van der Waals surface area contributed by atoms with Crippen molar-refractivity contribution in [2.24, 2.45) is 0 Å². The summed E-state index contributed by atoms with van der Waals surface area (Å²) in [5.41, 5.74) is -1.90. The molecule has 0 saturated carbocycles. The summed E-state index contributed by atoms with van der Waals surface area (Å²) in [5, 5.41) is 10.3. The molecule has 106 valence electrons. The molecule has 1 aliphatic rings. The second-order valence-corrected chi connectivity index (χ2v) is 5.87. The summed E-state index contributed by atoms with van der Waals surface area (Å²) in [5.74, 6) is -0.462. The van der Waals surface area contributed by atoms with Crippen LogP contribution in [0.15, 0.2) is 17.0 Å². The van der Waals surface area contributed by atoms with Gasteiger partial charge in [-0.2, -0.15) is 18.4 Å². The topological polar surface area (TPSA) is 44.1 Å². The molecule has 0 fully saturated rings. The van der Waals surface area contributed by atoms with Crippen LogP contribution < -0.4 is 0 Å². The number of amides is 1. The first-order valence-electron chi connectivity index (χ1n) is 5.70. The van der Waals surface area contributed by atoms with E-state index in [0.717, 1.165) is 6.07 Å². The van der Waals surface area contributed by atoms with Crippen LogP contribution in [-0.4, -0.2) is 17.9 Å². The second-order valence-electron chi connectivity index (χ2n) is 5.01. The maximum absolute atomic E-state index is 13.2. The molecular weight excluding hydrogens is 289 g/mol. The Kier molecular flexibility index (Phi) is 3.25. The first kappa shape index (κ1) is 14.7. The Balaban J connectivity index is 2.80. The molecule has 1 aliphatic heterocycles. The zero-order chi connectivity index (χ0) is 15.3. The molecule has 0 aliphatic carbocycles. The number of carbonyl (C=O) groups excluding carboxylic acids is 1. The number of alkyl halides is 3. The van der Waals surface area contributed by atoms with Crippen LogP contribution in [0.1, 0.15) is 35.3 Å². The van der Waals surface area contributed by atoms with Gasteiger partial charge in [0.1, 0.15) is 5.40 Å². The number of hydrogen-bond donors (Lipinski definition) is 0. The van der Waals surface area contributed by atoms with E-state index in [0.29, 0.717) is 11.8 Å². The van der Waals surface area contributed by atoms with Crippen molar-refractivity contribution >= 4 is 17.7 Å². The average Bonchev–Trinajstić information content (AvgIpc) is 2.50. The van der Waals surface area contributed by atoms with Gasteiger partial charge in [0.25, 0.3) is 5.91 Å². The maximum Gasteiger partial charge on any atom is 0.416 e. The quantitative estimate of drug-likeness (QED) is 0.588. The van der Waals surface area contributed by atoms with Crippen LogP contribution in [0.2, 0.25) is 0 Å². The molecule has 1 aromatic rings. The zero-order valence-corrected chi connectivity index (χ0v) is 11.8. The van der Waals surface area contributed by atoms with Gasteiger partial charge in [0.05, 0.1) is 11.1 Å². The predicted molar refractivity (Wildman–Crippen MR) is 68.0 cm³/mol. The van der Waals surface area contributed by atoms with Gasteiger partial charge in [-0.25, -0.2) is 0 Å². The number of thioether (sulfide) groups is 1. The fraction of sp³-hybridized carbons (Fsp3) is 0.385. The monoisotopic (exact) mass is 300 g/mol. The first-order valence-corrected chi connectivity index (χ1v) is 6.52. The highest BCUT2D eigenvalue weighted by Gasteiger charge is 2.48. The Bertz CT molecular complexity index is 632. The third-order valence-corrected chi connectivity index (χ3v) is 4.13. The van der Waals surface area contributed by atoms with Crippen LogP contribution in [0.3, 0.4) is 0 Å². The van der Waals surface area contributed by atoms with Crippen molar-refractivity contribution in [3.05, 3.63) is 28.8 Å². The van der Waals surface area contributed by atoms with Crippen LogP contribution in [0, 0.1) is 10.7 Å². The SMILES string of the molecule is CN1C(=O)c2cc(SC#N)cc(C(F)(F)F)c2C1(C)C. The Hall–Kier alpha value is -1.68. The lowest BCUT2D eigenvalue weighted by atomic mass is 9.89. The minimum absolute atomic E-state index is 0.0186. The van der Waals surface area contributed by atoms with Crippen LogP contribution >= 0.6 is 11.8 Å². The number of thiocyanates is 1. The highest BCUT2D eigenvalue weighted by Crippen LogP contribution is 2.46. The van der Waals surface area contributed by atoms with E-state index < -0.39 is 23.2 Å². The van der Waals surface area contributed by atoms with Crippen molar-refractivity contribution in [3.8, 4) is 5.40 Å². The number of benzene rings is 1. The largest absolute Gasteiger partial charge is 0.416 e. The minimum atomic E-state index is -4.57. The lowest BCUT2D eigenvalue weighted by Crippen LogP contribution is -2.36. The van der Waals surface area contributed by atoms with Gasteiger partial charge in [0.2, 0.25) is 0 Å². The molecular formula is C13H11F3N2OS. The van der Waals surface area contributed by atoms with E-state index in [-0.39, 0.29) is 16.0 Å². The number of hydrogen-bond acceptors (Lipinski definition) is 3. The Labute approximate surface area is 118 Å². The summed E-state index contributed by atoms with van der Waals surface area (Å²) in [6.07, 6.45) is -4.57. The van der Waals surface area contributed by atoms with Crippen molar-refractivity contribution in [2.45, 2.75) is 30.5 Å². The molecule has 1 amide bonds. The average molecular weight is 300 g/mol. The summed E-state index contributed by atoms with van der Waals surface area (Å²) in [6, 6.07) is 2.28. The summed E-state index contributed by atoms with van der Waals surface area (Å²) in [4.78, 5) is 13.5. The Morgan fingerprint density at radius 1 is 1.35 bits per heavy atom. The molecule has 3 nitrogen and oxygen atoms in total. The van der Waals surface area contributed by atoms with E-state index >= 15 is 0 Å². The van der Waals surface area contributed by atoms with Crippen molar-refractivity contribution in [3.63, 3.8) is 0 Å². The van der Waals surface area contributed by atoms with Gasteiger partial charge in [0.15, 0.2) is 0 Å². The highest BCUT2D eigenvalue weighted by molar-refractivity contribution is 8.03. The lowest BCUT2D eigenvalue weighted by Gasteiger charge is -2.30. The van der Waals surface area contributed by atoms with Gasteiger partial charge in [-0.1, -0.05) is 0 Å². The van der Waals surface area contributed by atoms with Crippen molar-refractivity contribution < 1.29 is 18.0 Å². The smallest absolute Gasteiger partial charge is 0.332 e. The Morgan fingerprint density at radius 2 is 1.95 bits per heavy atom. The number of nitriles is 1. The number of rotatable bonds is 1. The molecule has 1 aromatic carbocycles. The molecule has 0 aromatic heterocycles. The summed E-state index contributed by atoms with van der Waals surface area (Å²) in [7, 11) is 1.47. The van der Waals surface area contributed by atoms with E-state index in [1.54, 1.807) is 19.2 Å². The van der Waals surface area contributed by atoms with Crippen molar-refractivity contribution in [1.82, 2.24) is 4.90 Å². The van der Waals surface area contributed by atoms with Gasteiger partial charge in [-0.15, -0.1) is 0 Å². The first-order chi connectivity index (χ1) is 9.10. The Morgan fingerprint density at radius 3 is 2.45 bits per heavy atom. The zero-order valence-electron chi connectivity index (χ0n) is 11.0. The number of carbonyl (C=O) groups is 1. The summed E-state index contributed by atoms with van der Waals surface area (Å²) in [6.45, 7) is 3.15. The fourth-order valence-electron chi connectivity index (χ4n) is 2.38. The van der Waals surface area contributed by atoms with Gasteiger partial charge < -0.3 is 4.90 Å². The van der Waals surface area contributed by atoms with Gasteiger partial charge >= 0.3 is 6.18 Å². The molecule has 0 spiro atoms. The van der Waals surface area contributed by atoms with Crippen LogP contribution in [0.5, 0.6) is 0 Å². The normalized spacial score (nSPS) is 17.1. The molecule has 0 N–H and O–H groups in total. The van der Waals surface area contributed by atoms with E-state index in [4.69, 9.17) is 5.26 Å². The number of nitrogens with zero attached hydrogens (tertiary/aromatic N) is 2. The number of halogens is 3. The lowest BCUT2D eigenvalue weighted by molar-refractivity contribution is -0.139. The van der Waals surface area contributed by atoms with E-state index in [1.807, 2.05) is 0 Å². The highest BCUT2D eigenvalue weighted by atomic mass is 32.2. The molecule has 20 heavy (non-hydrogen) atoms. The van der Waals surface area contributed by atoms with Gasteiger partial charge in [-0.3, -0.25) is 4.79 Å². The number of fused-ring (bicyclic) bond motifs is 1. The van der Waals surface area contributed by atoms with E-state index in [1.165, 1.54) is 18.0 Å². The van der Waals surface area contributed by atoms with Crippen molar-refractivity contribution in [2.75, 3.05) is 7.05 Å². The molecule has 0 saturated heterocycles. The van der Waals surface area contributed by atoms with Crippen molar-refractivity contribution in [1.29, 1.82) is 5.26 Å². The molecule has 0 radical (unpaired) electrons. The minimum Gasteiger partial charge on any atom is -0.332 e. The molecule has 0 bridgehead atoms. The third kappa shape index (κ3) is 2.04. The summed E-state index contributed by atoms with van der Waals surface area (Å²) >= 11 is 0.610. The van der Waals surface area contributed by atoms with Crippen LogP contribution in [-0.2, 0) is 11.7 Å². The van der Waals surface area contributed by atoms with E-state index in [2.05, 4.69) is 0 Å². The third-order valence-electron chi connectivity index (χ3n) is 3.57. The molecule has 2 rings (SSSR count). The van der Waals surface area contributed by atoms with Crippen LogP contribution in [0.4, 0.5) is 13.2 Å². The van der Waals surface area contributed by atoms with E-state index in [9.17, 15) is 18.0 Å².